The average molecular weight is 356 g/mol. The number of hydrogen-bond acceptors (Lipinski definition) is 5. The fraction of sp³-hybridized carbons (Fsp3) is 0.588. The maximum absolute atomic E-state index is 11.6. The summed E-state index contributed by atoms with van der Waals surface area (Å²) in [7, 11) is -1.77. The van der Waals surface area contributed by atoms with Crippen molar-refractivity contribution in [3.8, 4) is 0 Å². The minimum absolute atomic E-state index is 0.254. The number of methoxy groups -OCH3 is 1. The third-order valence-corrected chi connectivity index (χ3v) is 5.46. The molecule has 0 aliphatic heterocycles. The molecule has 1 rings (SSSR count). The number of esters is 1. The molecule has 0 fully saturated rings. The predicted octanol–water partition coefficient (Wildman–Crippen LogP) is 2.31. The quantitative estimate of drug-likeness (QED) is 0.469. The van der Waals surface area contributed by atoms with Crippen LogP contribution in [0.2, 0.25) is 0 Å². The summed E-state index contributed by atoms with van der Waals surface area (Å²) in [5.41, 5.74) is 1.88. The molecule has 0 saturated carbocycles. The Bertz CT molecular complexity index is 615. The molecule has 0 bridgehead atoms. The van der Waals surface area contributed by atoms with Gasteiger partial charge in [0.25, 0.3) is 0 Å². The van der Waals surface area contributed by atoms with Crippen molar-refractivity contribution in [2.24, 2.45) is 0 Å². The maximum Gasteiger partial charge on any atom is 0.309 e. The first kappa shape index (κ1) is 20.4. The number of sulfonamides is 1. The lowest BCUT2D eigenvalue weighted by molar-refractivity contribution is -0.139. The van der Waals surface area contributed by atoms with Gasteiger partial charge in [-0.05, 0) is 44.4 Å². The molecule has 0 atom stereocenters. The first-order chi connectivity index (χ1) is 11.3. The summed E-state index contributed by atoms with van der Waals surface area (Å²) in [6, 6.07) is 7.69. The van der Waals surface area contributed by atoms with Gasteiger partial charge in [-0.25, -0.2) is 13.1 Å². The van der Waals surface area contributed by atoms with Crippen LogP contribution < -0.4 is 10.0 Å². The molecule has 2 N–H and O–H groups in total. The van der Waals surface area contributed by atoms with Crippen molar-refractivity contribution >= 4 is 21.7 Å². The molecule has 0 amide bonds. The highest BCUT2D eigenvalue weighted by molar-refractivity contribution is 7.90. The van der Waals surface area contributed by atoms with Gasteiger partial charge in [0, 0.05) is 18.8 Å². The van der Waals surface area contributed by atoms with E-state index in [4.69, 9.17) is 0 Å². The fourth-order valence-corrected chi connectivity index (χ4v) is 2.83. The second-order valence-corrected chi connectivity index (χ2v) is 8.25. The van der Waals surface area contributed by atoms with Gasteiger partial charge >= 0.3 is 5.97 Å². The first-order valence-electron chi connectivity index (χ1n) is 8.23. The number of unbranched alkanes of at least 4 members (excludes halogenated alkanes) is 2. The molecule has 0 heterocycles. The number of carbonyl (C=O) groups is 1. The van der Waals surface area contributed by atoms with E-state index >= 15 is 0 Å². The molecule has 0 spiro atoms. The summed E-state index contributed by atoms with van der Waals surface area (Å²) in [5, 5.41) is 2.92. The van der Waals surface area contributed by atoms with E-state index in [0.29, 0.717) is 6.54 Å². The molecule has 1 aromatic carbocycles. The van der Waals surface area contributed by atoms with Crippen molar-refractivity contribution in [1.82, 2.24) is 4.72 Å². The number of ether oxygens (including phenoxy) is 1. The molecular formula is C17H28N2O4S. The Morgan fingerprint density at radius 2 is 1.88 bits per heavy atom. The molecule has 7 heteroatoms. The van der Waals surface area contributed by atoms with Crippen molar-refractivity contribution in [3.05, 3.63) is 29.8 Å². The summed E-state index contributed by atoms with van der Waals surface area (Å²) in [6.45, 7) is 4.62. The van der Waals surface area contributed by atoms with Gasteiger partial charge in [0.15, 0.2) is 0 Å². The Hall–Kier alpha value is -1.60. The molecule has 1 aromatic rings. The zero-order valence-corrected chi connectivity index (χ0v) is 15.5. The highest BCUT2D eigenvalue weighted by Crippen LogP contribution is 2.12. The predicted molar refractivity (Wildman–Crippen MR) is 96.6 cm³/mol. The van der Waals surface area contributed by atoms with Crippen LogP contribution in [-0.2, 0) is 26.0 Å². The van der Waals surface area contributed by atoms with E-state index in [1.807, 2.05) is 24.3 Å². The van der Waals surface area contributed by atoms with Gasteiger partial charge < -0.3 is 10.1 Å². The van der Waals surface area contributed by atoms with Crippen molar-refractivity contribution in [3.63, 3.8) is 0 Å². The Labute approximate surface area is 145 Å². The molecule has 0 unspecified atom stereocenters. The van der Waals surface area contributed by atoms with Gasteiger partial charge in [0.05, 0.1) is 18.8 Å². The number of hydrogen-bond donors (Lipinski definition) is 2. The normalized spacial score (nSPS) is 11.5. The third kappa shape index (κ3) is 7.79. The van der Waals surface area contributed by atoms with E-state index in [2.05, 4.69) is 14.8 Å². The Morgan fingerprint density at radius 1 is 1.17 bits per heavy atom. The third-order valence-electron chi connectivity index (χ3n) is 3.61. The van der Waals surface area contributed by atoms with E-state index in [-0.39, 0.29) is 12.4 Å². The number of anilines is 1. The first-order valence-corrected chi connectivity index (χ1v) is 9.78. The van der Waals surface area contributed by atoms with Crippen LogP contribution in [0, 0.1) is 0 Å². The summed E-state index contributed by atoms with van der Waals surface area (Å²) in [4.78, 5) is 11.3. The van der Waals surface area contributed by atoms with Crippen LogP contribution in [0.5, 0.6) is 0 Å². The van der Waals surface area contributed by atoms with E-state index in [9.17, 15) is 13.2 Å². The van der Waals surface area contributed by atoms with Crippen molar-refractivity contribution in [1.29, 1.82) is 0 Å². The van der Waals surface area contributed by atoms with Crippen molar-refractivity contribution < 1.29 is 17.9 Å². The molecule has 0 saturated heterocycles. The lowest BCUT2D eigenvalue weighted by atomic mass is 10.1. The Balaban J connectivity index is 2.22. The van der Waals surface area contributed by atoms with Crippen LogP contribution >= 0.6 is 0 Å². The maximum atomic E-state index is 11.6. The zero-order chi connectivity index (χ0) is 18.0. The van der Waals surface area contributed by atoms with Crippen LogP contribution in [0.1, 0.15) is 38.7 Å². The van der Waals surface area contributed by atoms with E-state index in [0.717, 1.165) is 37.1 Å². The Kier molecular flexibility index (Phi) is 8.78. The standard InChI is InChI=1S/C17H28N2O4S/c1-14(2)24(21,22)19-11-6-4-5-10-18-16-9-7-8-15(12-16)13-17(20)23-3/h7-9,12,14,18-19H,4-6,10-11,13H2,1-3H3. The fourth-order valence-electron chi connectivity index (χ4n) is 2.07. The van der Waals surface area contributed by atoms with Crippen molar-refractivity contribution in [2.45, 2.75) is 44.8 Å². The van der Waals surface area contributed by atoms with Gasteiger partial charge in [0.2, 0.25) is 10.0 Å². The average Bonchev–Trinajstić information content (AvgIpc) is 2.54. The smallest absolute Gasteiger partial charge is 0.309 e. The van der Waals surface area contributed by atoms with Gasteiger partial charge in [-0.1, -0.05) is 18.6 Å². The zero-order valence-electron chi connectivity index (χ0n) is 14.7. The van der Waals surface area contributed by atoms with E-state index in [1.54, 1.807) is 13.8 Å². The minimum atomic E-state index is -3.15. The number of benzene rings is 1. The summed E-state index contributed by atoms with van der Waals surface area (Å²) in [6.07, 6.45) is 2.97. The molecule has 136 valence electrons. The Morgan fingerprint density at radius 3 is 2.54 bits per heavy atom. The largest absolute Gasteiger partial charge is 0.469 e. The number of nitrogens with one attached hydrogen (secondary N) is 2. The number of rotatable bonds is 11. The molecule has 24 heavy (non-hydrogen) atoms. The second kappa shape index (κ2) is 10.3. The van der Waals surface area contributed by atoms with Crippen molar-refractivity contribution in [2.75, 3.05) is 25.5 Å². The molecule has 0 aliphatic rings. The van der Waals surface area contributed by atoms with Crippen LogP contribution in [0.15, 0.2) is 24.3 Å². The topological polar surface area (TPSA) is 84.5 Å². The van der Waals surface area contributed by atoms with Crippen LogP contribution in [0.3, 0.4) is 0 Å². The molecule has 0 radical (unpaired) electrons. The van der Waals surface area contributed by atoms with Gasteiger partial charge in [0.1, 0.15) is 0 Å². The monoisotopic (exact) mass is 356 g/mol. The van der Waals surface area contributed by atoms with Crippen LogP contribution in [0.25, 0.3) is 0 Å². The summed E-state index contributed by atoms with van der Waals surface area (Å²) in [5.74, 6) is -0.254. The van der Waals surface area contributed by atoms with Gasteiger partial charge in [-0.2, -0.15) is 0 Å². The number of carbonyl (C=O) groups excluding carboxylic acids is 1. The lowest BCUT2D eigenvalue weighted by Crippen LogP contribution is -2.31. The van der Waals surface area contributed by atoms with Crippen LogP contribution in [0.4, 0.5) is 5.69 Å². The second-order valence-electron chi connectivity index (χ2n) is 5.93. The SMILES string of the molecule is COC(=O)Cc1cccc(NCCCCCNS(=O)(=O)C(C)C)c1. The lowest BCUT2D eigenvalue weighted by Gasteiger charge is -2.10. The highest BCUT2D eigenvalue weighted by Gasteiger charge is 2.13. The van der Waals surface area contributed by atoms with E-state index in [1.165, 1.54) is 7.11 Å². The summed E-state index contributed by atoms with van der Waals surface area (Å²) >= 11 is 0. The minimum Gasteiger partial charge on any atom is -0.469 e. The molecule has 0 aliphatic carbocycles. The van der Waals surface area contributed by atoms with Gasteiger partial charge in [-0.3, -0.25) is 4.79 Å². The van der Waals surface area contributed by atoms with E-state index < -0.39 is 15.3 Å². The molecular weight excluding hydrogens is 328 g/mol. The summed E-state index contributed by atoms with van der Waals surface area (Å²) < 4.78 is 30.4. The van der Waals surface area contributed by atoms with Crippen LogP contribution in [-0.4, -0.2) is 39.8 Å². The highest BCUT2D eigenvalue weighted by atomic mass is 32.2. The molecule has 0 aromatic heterocycles. The van der Waals surface area contributed by atoms with Gasteiger partial charge in [-0.15, -0.1) is 0 Å². The molecule has 6 nitrogen and oxygen atoms in total.